The van der Waals surface area contributed by atoms with Crippen LogP contribution in [0.1, 0.15) is 19.3 Å². The molecule has 0 aromatic heterocycles. The van der Waals surface area contributed by atoms with Gasteiger partial charge in [-0.1, -0.05) is 0 Å². The van der Waals surface area contributed by atoms with E-state index in [1.165, 1.54) is 0 Å². The van der Waals surface area contributed by atoms with E-state index >= 15 is 0 Å². The number of aliphatic hydroxyl groups is 1. The van der Waals surface area contributed by atoms with Crippen LogP contribution in [0.2, 0.25) is 0 Å². The molecule has 7 heteroatoms. The lowest BCUT2D eigenvalue weighted by molar-refractivity contribution is -0.140. The van der Waals surface area contributed by atoms with Crippen LogP contribution in [-0.2, 0) is 9.53 Å². The molecule has 1 rings (SSSR count). The zero-order chi connectivity index (χ0) is 13.6. The number of rotatable bonds is 8. The van der Waals surface area contributed by atoms with E-state index < -0.39 is 24.6 Å². The third-order valence-electron chi connectivity index (χ3n) is 3.20. The summed E-state index contributed by atoms with van der Waals surface area (Å²) in [4.78, 5) is 22.0. The summed E-state index contributed by atoms with van der Waals surface area (Å²) in [5.41, 5.74) is 0.102. The Bertz CT molecular complexity index is 304. The second kappa shape index (κ2) is 6.55. The summed E-state index contributed by atoms with van der Waals surface area (Å²) < 4.78 is 5.00. The van der Waals surface area contributed by atoms with Crippen LogP contribution in [0, 0.1) is 5.41 Å². The van der Waals surface area contributed by atoms with Gasteiger partial charge in [-0.3, -0.25) is 0 Å². The summed E-state index contributed by atoms with van der Waals surface area (Å²) in [6.07, 6.45) is 2.96. The number of amides is 2. The highest BCUT2D eigenvalue weighted by Gasteiger charge is 2.42. The Labute approximate surface area is 106 Å². The number of aliphatic hydroxyl groups excluding tert-OH is 1. The molecule has 0 spiro atoms. The Morgan fingerprint density at radius 2 is 2.11 bits per heavy atom. The number of aliphatic carboxylic acids is 1. The van der Waals surface area contributed by atoms with Gasteiger partial charge < -0.3 is 25.6 Å². The van der Waals surface area contributed by atoms with E-state index in [4.69, 9.17) is 14.9 Å². The molecule has 0 heterocycles. The van der Waals surface area contributed by atoms with Gasteiger partial charge in [0.2, 0.25) is 0 Å². The first-order valence-corrected chi connectivity index (χ1v) is 5.90. The Kier molecular flexibility index (Phi) is 5.36. The number of nitrogens with one attached hydrogen (secondary N) is 2. The van der Waals surface area contributed by atoms with Crippen LogP contribution in [0.3, 0.4) is 0 Å². The lowest BCUT2D eigenvalue weighted by atomic mass is 10.0. The SMILES string of the molecule is COCCC1(CNC(=O)N[C@@H](CO)C(=O)O)CC1. The van der Waals surface area contributed by atoms with Gasteiger partial charge in [-0.25, -0.2) is 9.59 Å². The second-order valence-electron chi connectivity index (χ2n) is 4.64. The molecule has 0 radical (unpaired) electrons. The number of urea groups is 1. The van der Waals surface area contributed by atoms with Gasteiger partial charge in [-0.05, 0) is 24.7 Å². The lowest BCUT2D eigenvalue weighted by Gasteiger charge is -2.17. The molecule has 1 saturated carbocycles. The van der Waals surface area contributed by atoms with Crippen molar-refractivity contribution < 1.29 is 24.5 Å². The number of carbonyl (C=O) groups excluding carboxylic acids is 1. The number of ether oxygens (including phenoxy) is 1. The minimum atomic E-state index is -1.26. The number of hydrogen-bond donors (Lipinski definition) is 4. The molecule has 0 aliphatic heterocycles. The summed E-state index contributed by atoms with van der Waals surface area (Å²) in [5.74, 6) is -1.26. The van der Waals surface area contributed by atoms with Gasteiger partial charge in [-0.2, -0.15) is 0 Å². The van der Waals surface area contributed by atoms with Crippen molar-refractivity contribution in [3.63, 3.8) is 0 Å². The Balaban J connectivity index is 2.26. The van der Waals surface area contributed by atoms with Crippen LogP contribution in [-0.4, -0.2) is 55.1 Å². The number of carbonyl (C=O) groups is 2. The molecule has 7 nitrogen and oxygen atoms in total. The average Bonchev–Trinajstić information content (AvgIpc) is 3.11. The van der Waals surface area contributed by atoms with Crippen molar-refractivity contribution in [2.24, 2.45) is 5.41 Å². The van der Waals surface area contributed by atoms with E-state index in [9.17, 15) is 9.59 Å². The maximum Gasteiger partial charge on any atom is 0.328 e. The van der Waals surface area contributed by atoms with Crippen molar-refractivity contribution in [2.45, 2.75) is 25.3 Å². The largest absolute Gasteiger partial charge is 0.480 e. The summed E-state index contributed by atoms with van der Waals surface area (Å²) in [7, 11) is 1.63. The minimum absolute atomic E-state index is 0.102. The Hall–Kier alpha value is -1.34. The van der Waals surface area contributed by atoms with Crippen LogP contribution in [0.4, 0.5) is 4.79 Å². The Morgan fingerprint density at radius 1 is 1.44 bits per heavy atom. The van der Waals surface area contributed by atoms with Gasteiger partial charge >= 0.3 is 12.0 Å². The fraction of sp³-hybridized carbons (Fsp3) is 0.818. The number of carboxylic acids is 1. The smallest absolute Gasteiger partial charge is 0.328 e. The second-order valence-corrected chi connectivity index (χ2v) is 4.64. The number of methoxy groups -OCH3 is 1. The van der Waals surface area contributed by atoms with E-state index in [-0.39, 0.29) is 5.41 Å². The summed E-state index contributed by atoms with van der Waals surface area (Å²) in [6, 6.07) is -1.83. The third kappa shape index (κ3) is 4.50. The minimum Gasteiger partial charge on any atom is -0.480 e. The first kappa shape index (κ1) is 14.7. The average molecular weight is 260 g/mol. The zero-order valence-corrected chi connectivity index (χ0v) is 10.4. The fourth-order valence-corrected chi connectivity index (χ4v) is 1.67. The zero-order valence-electron chi connectivity index (χ0n) is 10.4. The van der Waals surface area contributed by atoms with Crippen LogP contribution in [0.5, 0.6) is 0 Å². The van der Waals surface area contributed by atoms with Crippen LogP contribution in [0.15, 0.2) is 0 Å². The van der Waals surface area contributed by atoms with Crippen LogP contribution >= 0.6 is 0 Å². The predicted molar refractivity (Wildman–Crippen MR) is 63.2 cm³/mol. The molecule has 0 aromatic rings. The summed E-state index contributed by atoms with van der Waals surface area (Å²) >= 11 is 0. The predicted octanol–water partition coefficient (Wildman–Crippen LogP) is -0.452. The van der Waals surface area contributed by atoms with Crippen molar-refractivity contribution in [2.75, 3.05) is 26.9 Å². The summed E-state index contributed by atoms with van der Waals surface area (Å²) in [6.45, 7) is 0.523. The first-order chi connectivity index (χ1) is 8.53. The van der Waals surface area contributed by atoms with Crippen molar-refractivity contribution in [3.05, 3.63) is 0 Å². The molecular formula is C11H20N2O5. The quantitative estimate of drug-likeness (QED) is 0.472. The fourth-order valence-electron chi connectivity index (χ4n) is 1.67. The van der Waals surface area contributed by atoms with Gasteiger partial charge in [0, 0.05) is 20.3 Å². The molecule has 0 bridgehead atoms. The summed E-state index contributed by atoms with van der Waals surface area (Å²) in [5, 5.41) is 22.2. The molecule has 1 aliphatic rings. The molecule has 104 valence electrons. The van der Waals surface area contributed by atoms with Crippen molar-refractivity contribution in [1.29, 1.82) is 0 Å². The van der Waals surface area contributed by atoms with Gasteiger partial charge in [0.25, 0.3) is 0 Å². The topological polar surface area (TPSA) is 108 Å². The molecule has 0 aromatic carbocycles. The monoisotopic (exact) mass is 260 g/mol. The highest BCUT2D eigenvalue weighted by Crippen LogP contribution is 2.48. The molecule has 4 N–H and O–H groups in total. The van der Waals surface area contributed by atoms with Crippen LogP contribution in [0.25, 0.3) is 0 Å². The highest BCUT2D eigenvalue weighted by atomic mass is 16.5. The maximum atomic E-state index is 11.4. The van der Waals surface area contributed by atoms with Crippen molar-refractivity contribution in [3.8, 4) is 0 Å². The van der Waals surface area contributed by atoms with Gasteiger partial charge in [0.15, 0.2) is 6.04 Å². The number of carboxylic acid groups (broad SMARTS) is 1. The maximum absolute atomic E-state index is 11.4. The molecule has 1 aliphatic carbocycles. The van der Waals surface area contributed by atoms with Gasteiger partial charge in [0.05, 0.1) is 6.61 Å². The van der Waals surface area contributed by atoms with Crippen molar-refractivity contribution in [1.82, 2.24) is 10.6 Å². The third-order valence-corrected chi connectivity index (χ3v) is 3.20. The van der Waals surface area contributed by atoms with E-state index in [2.05, 4.69) is 10.6 Å². The van der Waals surface area contributed by atoms with Crippen molar-refractivity contribution >= 4 is 12.0 Å². The molecule has 18 heavy (non-hydrogen) atoms. The first-order valence-electron chi connectivity index (χ1n) is 5.90. The molecule has 1 fully saturated rings. The van der Waals surface area contributed by atoms with E-state index in [0.29, 0.717) is 13.2 Å². The highest BCUT2D eigenvalue weighted by molar-refractivity contribution is 5.82. The van der Waals surface area contributed by atoms with E-state index in [0.717, 1.165) is 19.3 Å². The van der Waals surface area contributed by atoms with Gasteiger partial charge in [0.1, 0.15) is 0 Å². The molecule has 1 atom stereocenters. The standard InChI is InChI=1S/C11H20N2O5/c1-18-5-4-11(2-3-11)7-12-10(17)13-8(6-14)9(15)16/h8,14H,2-7H2,1H3,(H,15,16)(H2,12,13,17)/t8-/m0/s1. The molecule has 0 saturated heterocycles. The Morgan fingerprint density at radius 3 is 2.56 bits per heavy atom. The van der Waals surface area contributed by atoms with E-state index in [1.807, 2.05) is 0 Å². The number of hydrogen-bond acceptors (Lipinski definition) is 4. The lowest BCUT2D eigenvalue weighted by Crippen LogP contribution is -2.49. The van der Waals surface area contributed by atoms with Crippen LogP contribution < -0.4 is 10.6 Å². The molecular weight excluding hydrogens is 240 g/mol. The van der Waals surface area contributed by atoms with Gasteiger partial charge in [-0.15, -0.1) is 0 Å². The van der Waals surface area contributed by atoms with E-state index in [1.54, 1.807) is 7.11 Å². The normalized spacial score (nSPS) is 17.9. The molecule has 2 amide bonds. The molecule has 0 unspecified atom stereocenters.